The molecule has 1 aliphatic heterocycles. The molecule has 1 fully saturated rings. The maximum atomic E-state index is 12.0. The molecule has 0 aromatic heterocycles. The summed E-state index contributed by atoms with van der Waals surface area (Å²) in [6, 6.07) is 0.430. The van der Waals surface area contributed by atoms with Crippen molar-refractivity contribution in [1.29, 1.82) is 0 Å². The average molecular weight is 255 g/mol. The lowest BCUT2D eigenvalue weighted by molar-refractivity contribution is 0.0694. The van der Waals surface area contributed by atoms with Crippen molar-refractivity contribution in [3.05, 3.63) is 0 Å². The Bertz CT molecular complexity index is 231. The van der Waals surface area contributed by atoms with Crippen LogP contribution in [0.25, 0.3) is 0 Å². The van der Waals surface area contributed by atoms with Crippen molar-refractivity contribution in [2.24, 2.45) is 0 Å². The second-order valence-corrected chi connectivity index (χ2v) is 5.31. The van der Waals surface area contributed by atoms with Crippen LogP contribution in [0.2, 0.25) is 0 Å². The molecule has 1 saturated heterocycles. The van der Waals surface area contributed by atoms with Crippen molar-refractivity contribution in [3.63, 3.8) is 0 Å². The van der Waals surface area contributed by atoms with Crippen molar-refractivity contribution in [2.75, 3.05) is 13.2 Å². The summed E-state index contributed by atoms with van der Waals surface area (Å²) in [6.45, 7) is 5.80. The molecule has 18 heavy (non-hydrogen) atoms. The molecule has 3 nitrogen and oxygen atoms in total. The molecule has 0 bridgehead atoms. The smallest absolute Gasteiger partial charge is 0.410 e. The molecule has 0 radical (unpaired) electrons. The number of ether oxygens (including phenoxy) is 1. The molecule has 1 rings (SSSR count). The van der Waals surface area contributed by atoms with Crippen molar-refractivity contribution < 1.29 is 9.53 Å². The highest BCUT2D eigenvalue weighted by Crippen LogP contribution is 2.22. The summed E-state index contributed by atoms with van der Waals surface area (Å²) in [5, 5.41) is 0. The Morgan fingerprint density at radius 1 is 1.17 bits per heavy atom. The zero-order chi connectivity index (χ0) is 13.2. The Balaban J connectivity index is 2.35. The second-order valence-electron chi connectivity index (χ2n) is 5.31. The number of amides is 1. The van der Waals surface area contributed by atoms with E-state index in [9.17, 15) is 4.79 Å². The van der Waals surface area contributed by atoms with Crippen molar-refractivity contribution >= 4 is 6.09 Å². The predicted octanol–water partition coefficient (Wildman–Crippen LogP) is 4.36. The third-order valence-corrected chi connectivity index (χ3v) is 3.73. The maximum Gasteiger partial charge on any atom is 0.410 e. The Kier molecular flexibility index (Phi) is 7.86. The molecule has 3 heteroatoms. The summed E-state index contributed by atoms with van der Waals surface area (Å²) in [5.41, 5.74) is 0. The van der Waals surface area contributed by atoms with Gasteiger partial charge in [0.05, 0.1) is 6.61 Å². The van der Waals surface area contributed by atoms with Gasteiger partial charge in [-0.3, -0.25) is 0 Å². The summed E-state index contributed by atoms with van der Waals surface area (Å²) in [6.07, 6.45) is 10.4. The molecule has 0 spiro atoms. The first-order chi connectivity index (χ1) is 8.79. The first kappa shape index (κ1) is 15.3. The lowest BCUT2D eigenvalue weighted by atomic mass is 9.97. The van der Waals surface area contributed by atoms with Gasteiger partial charge < -0.3 is 9.64 Å². The highest BCUT2D eigenvalue weighted by atomic mass is 16.6. The van der Waals surface area contributed by atoms with Gasteiger partial charge in [-0.25, -0.2) is 4.79 Å². The van der Waals surface area contributed by atoms with Crippen LogP contribution in [0.15, 0.2) is 0 Å². The minimum Gasteiger partial charge on any atom is -0.449 e. The monoisotopic (exact) mass is 255 g/mol. The van der Waals surface area contributed by atoms with E-state index in [1.54, 1.807) is 0 Å². The van der Waals surface area contributed by atoms with Gasteiger partial charge in [-0.15, -0.1) is 0 Å². The van der Waals surface area contributed by atoms with Gasteiger partial charge in [0.15, 0.2) is 0 Å². The topological polar surface area (TPSA) is 29.5 Å². The minimum absolute atomic E-state index is 0.0790. The molecule has 0 aromatic rings. The van der Waals surface area contributed by atoms with Crippen LogP contribution in [0, 0.1) is 0 Å². The summed E-state index contributed by atoms with van der Waals surface area (Å²) in [7, 11) is 0. The molecule has 1 aliphatic rings. The largest absolute Gasteiger partial charge is 0.449 e. The number of piperidine rings is 1. The summed E-state index contributed by atoms with van der Waals surface area (Å²) < 4.78 is 5.35. The zero-order valence-corrected chi connectivity index (χ0v) is 12.1. The van der Waals surface area contributed by atoms with Crippen molar-refractivity contribution in [1.82, 2.24) is 4.90 Å². The highest BCUT2D eigenvalue weighted by molar-refractivity contribution is 5.68. The van der Waals surface area contributed by atoms with Crippen LogP contribution in [0.5, 0.6) is 0 Å². The highest BCUT2D eigenvalue weighted by Gasteiger charge is 2.27. The standard InChI is InChI=1S/C15H29NO2/c1-3-5-7-10-14-11-8-9-12-16(14)15(17)18-13-6-4-2/h14H,3-13H2,1-2H3/t14-/m1/s1. The lowest BCUT2D eigenvalue weighted by Crippen LogP contribution is -2.44. The molecule has 0 aromatic carbocycles. The fourth-order valence-corrected chi connectivity index (χ4v) is 2.56. The average Bonchev–Trinajstić information content (AvgIpc) is 2.40. The van der Waals surface area contributed by atoms with Crippen molar-refractivity contribution in [3.8, 4) is 0 Å². The molecule has 106 valence electrons. The van der Waals surface area contributed by atoms with Crippen LogP contribution in [-0.4, -0.2) is 30.2 Å². The summed E-state index contributed by atoms with van der Waals surface area (Å²) in [5.74, 6) is 0. The Hall–Kier alpha value is -0.730. The Morgan fingerprint density at radius 2 is 1.94 bits per heavy atom. The molecular weight excluding hydrogens is 226 g/mol. The summed E-state index contributed by atoms with van der Waals surface area (Å²) >= 11 is 0. The maximum absolute atomic E-state index is 12.0. The van der Waals surface area contributed by atoms with Gasteiger partial charge in [0.1, 0.15) is 0 Å². The molecule has 1 amide bonds. The number of carbonyl (C=O) groups excluding carboxylic acids is 1. The normalized spacial score (nSPS) is 19.9. The number of hydrogen-bond acceptors (Lipinski definition) is 2. The molecule has 1 atom stereocenters. The van der Waals surface area contributed by atoms with Crippen molar-refractivity contribution in [2.45, 2.75) is 77.7 Å². The Labute approximate surface area is 112 Å². The number of unbranched alkanes of at least 4 members (excludes halogenated alkanes) is 3. The third-order valence-electron chi connectivity index (χ3n) is 3.73. The lowest BCUT2D eigenvalue weighted by Gasteiger charge is -2.35. The van der Waals surface area contributed by atoms with E-state index < -0.39 is 0 Å². The van der Waals surface area contributed by atoms with Crippen LogP contribution >= 0.6 is 0 Å². The van der Waals surface area contributed by atoms with Gasteiger partial charge in [0.25, 0.3) is 0 Å². The third kappa shape index (κ3) is 5.28. The number of carbonyl (C=O) groups is 1. The first-order valence-corrected chi connectivity index (χ1v) is 7.73. The minimum atomic E-state index is -0.0790. The van der Waals surface area contributed by atoms with Gasteiger partial charge in [-0.2, -0.15) is 0 Å². The van der Waals surface area contributed by atoms with E-state index in [1.807, 2.05) is 4.90 Å². The van der Waals surface area contributed by atoms with Gasteiger partial charge in [0.2, 0.25) is 0 Å². The molecule has 0 unspecified atom stereocenters. The number of nitrogens with zero attached hydrogens (tertiary/aromatic N) is 1. The molecule has 0 N–H and O–H groups in total. The van der Waals surface area contributed by atoms with Crippen LogP contribution in [0.1, 0.15) is 71.6 Å². The van der Waals surface area contributed by atoms with E-state index in [1.165, 1.54) is 25.7 Å². The zero-order valence-electron chi connectivity index (χ0n) is 12.1. The quantitative estimate of drug-likeness (QED) is 0.633. The number of hydrogen-bond donors (Lipinski definition) is 0. The van der Waals surface area contributed by atoms with Crippen LogP contribution in [-0.2, 0) is 4.74 Å². The second kappa shape index (κ2) is 9.23. The molecule has 1 heterocycles. The number of likely N-dealkylation sites (tertiary alicyclic amines) is 1. The predicted molar refractivity (Wildman–Crippen MR) is 74.7 cm³/mol. The van der Waals surface area contributed by atoms with E-state index in [-0.39, 0.29) is 6.09 Å². The fraction of sp³-hybridized carbons (Fsp3) is 0.933. The summed E-state index contributed by atoms with van der Waals surface area (Å²) in [4.78, 5) is 14.0. The van der Waals surface area contributed by atoms with E-state index in [0.29, 0.717) is 12.6 Å². The fourth-order valence-electron chi connectivity index (χ4n) is 2.56. The van der Waals surface area contributed by atoms with Crippen LogP contribution in [0.4, 0.5) is 4.79 Å². The van der Waals surface area contributed by atoms with E-state index in [4.69, 9.17) is 4.74 Å². The van der Waals surface area contributed by atoms with Gasteiger partial charge in [-0.1, -0.05) is 39.5 Å². The Morgan fingerprint density at radius 3 is 2.67 bits per heavy atom. The molecule has 0 saturated carbocycles. The molecule has 0 aliphatic carbocycles. The first-order valence-electron chi connectivity index (χ1n) is 7.73. The van der Waals surface area contributed by atoms with E-state index in [0.717, 1.165) is 38.6 Å². The van der Waals surface area contributed by atoms with Crippen LogP contribution in [0.3, 0.4) is 0 Å². The van der Waals surface area contributed by atoms with Gasteiger partial charge in [0, 0.05) is 12.6 Å². The molecular formula is C15H29NO2. The van der Waals surface area contributed by atoms with E-state index in [2.05, 4.69) is 13.8 Å². The van der Waals surface area contributed by atoms with E-state index >= 15 is 0 Å². The van der Waals surface area contributed by atoms with Crippen LogP contribution < -0.4 is 0 Å². The van der Waals surface area contributed by atoms with Gasteiger partial charge >= 0.3 is 6.09 Å². The number of rotatable bonds is 7. The van der Waals surface area contributed by atoms with Gasteiger partial charge in [-0.05, 0) is 32.1 Å². The SMILES string of the molecule is CCCCC[C@@H]1CCCCN1C(=O)OCCCC.